The Morgan fingerprint density at radius 3 is 2.52 bits per heavy atom. The molecule has 5 nitrogen and oxygen atoms in total. The Hall–Kier alpha value is -2.44. The van der Waals surface area contributed by atoms with E-state index in [1.165, 1.54) is 11.6 Å². The summed E-state index contributed by atoms with van der Waals surface area (Å²) in [5.74, 6) is -0.180. The number of fused-ring (bicyclic) bond motifs is 1. The summed E-state index contributed by atoms with van der Waals surface area (Å²) in [6, 6.07) is 17.5. The number of rotatable bonds is 7. The van der Waals surface area contributed by atoms with Crippen LogP contribution in [0.5, 0.6) is 0 Å². The van der Waals surface area contributed by atoms with E-state index < -0.39 is 10.0 Å². The van der Waals surface area contributed by atoms with Crippen molar-refractivity contribution >= 4 is 22.0 Å². The Morgan fingerprint density at radius 2 is 1.74 bits per heavy atom. The molecule has 1 heterocycles. The standard InChI is InChI=1S/C21H24N2O3S/c24-21(12-11-18-7-2-1-3-8-18)22-14-6-16-27(25,26)23-15-13-19-9-4-5-10-20(19)17-23/h1-5,7-12H,6,13-17H2,(H,22,24)/b12-11+. The van der Waals surface area contributed by atoms with Crippen LogP contribution in [0.15, 0.2) is 60.7 Å². The van der Waals surface area contributed by atoms with Crippen molar-refractivity contribution in [2.45, 2.75) is 19.4 Å². The zero-order valence-electron chi connectivity index (χ0n) is 15.2. The lowest BCUT2D eigenvalue weighted by Gasteiger charge is -2.28. The van der Waals surface area contributed by atoms with E-state index in [4.69, 9.17) is 0 Å². The van der Waals surface area contributed by atoms with Gasteiger partial charge in [0.25, 0.3) is 0 Å². The van der Waals surface area contributed by atoms with E-state index in [9.17, 15) is 13.2 Å². The first-order chi connectivity index (χ1) is 13.0. The van der Waals surface area contributed by atoms with Crippen LogP contribution < -0.4 is 5.32 Å². The molecule has 0 radical (unpaired) electrons. The molecule has 1 aliphatic heterocycles. The van der Waals surface area contributed by atoms with Crippen molar-refractivity contribution in [3.05, 3.63) is 77.4 Å². The summed E-state index contributed by atoms with van der Waals surface area (Å²) in [6.45, 7) is 1.29. The second-order valence-electron chi connectivity index (χ2n) is 6.56. The maximum absolute atomic E-state index is 12.6. The Balaban J connectivity index is 1.43. The number of carbonyl (C=O) groups excluding carboxylic acids is 1. The van der Waals surface area contributed by atoms with Gasteiger partial charge in [0.15, 0.2) is 0 Å². The minimum Gasteiger partial charge on any atom is -0.353 e. The van der Waals surface area contributed by atoms with Crippen LogP contribution in [0.25, 0.3) is 6.08 Å². The normalized spacial score (nSPS) is 14.8. The average Bonchev–Trinajstić information content (AvgIpc) is 2.70. The number of hydrogen-bond donors (Lipinski definition) is 1. The van der Waals surface area contributed by atoms with Gasteiger partial charge in [0.1, 0.15) is 0 Å². The summed E-state index contributed by atoms with van der Waals surface area (Å²) in [5, 5.41) is 2.74. The van der Waals surface area contributed by atoms with Crippen LogP contribution in [-0.2, 0) is 27.8 Å². The number of sulfonamides is 1. The van der Waals surface area contributed by atoms with Crippen LogP contribution >= 0.6 is 0 Å². The van der Waals surface area contributed by atoms with Gasteiger partial charge in [-0.15, -0.1) is 0 Å². The topological polar surface area (TPSA) is 66.5 Å². The third-order valence-electron chi connectivity index (χ3n) is 4.59. The number of nitrogens with zero attached hydrogens (tertiary/aromatic N) is 1. The Bertz CT molecular complexity index is 908. The van der Waals surface area contributed by atoms with E-state index in [1.54, 1.807) is 10.4 Å². The highest BCUT2D eigenvalue weighted by Gasteiger charge is 2.25. The van der Waals surface area contributed by atoms with Crippen LogP contribution in [0, 0.1) is 0 Å². The molecule has 0 unspecified atom stereocenters. The molecule has 0 fully saturated rings. The minimum absolute atomic E-state index is 0.0395. The van der Waals surface area contributed by atoms with E-state index in [2.05, 4.69) is 11.4 Å². The first kappa shape index (κ1) is 19.3. The number of amides is 1. The van der Waals surface area contributed by atoms with Gasteiger partial charge in [-0.2, -0.15) is 4.31 Å². The highest BCUT2D eigenvalue weighted by molar-refractivity contribution is 7.89. The van der Waals surface area contributed by atoms with Gasteiger partial charge >= 0.3 is 0 Å². The van der Waals surface area contributed by atoms with Crippen molar-refractivity contribution < 1.29 is 13.2 Å². The van der Waals surface area contributed by atoms with Gasteiger partial charge in [-0.25, -0.2) is 8.42 Å². The highest BCUT2D eigenvalue weighted by atomic mass is 32.2. The highest BCUT2D eigenvalue weighted by Crippen LogP contribution is 2.21. The fourth-order valence-corrected chi connectivity index (χ4v) is 4.57. The summed E-state index contributed by atoms with van der Waals surface area (Å²) < 4.78 is 26.6. The molecule has 0 aliphatic carbocycles. The molecule has 0 atom stereocenters. The maximum Gasteiger partial charge on any atom is 0.243 e. The van der Waals surface area contributed by atoms with E-state index >= 15 is 0 Å². The largest absolute Gasteiger partial charge is 0.353 e. The lowest BCUT2D eigenvalue weighted by atomic mass is 10.0. The smallest absolute Gasteiger partial charge is 0.243 e. The molecule has 6 heteroatoms. The fraction of sp³-hybridized carbons (Fsp3) is 0.286. The molecule has 0 saturated carbocycles. The van der Waals surface area contributed by atoms with Crippen LogP contribution in [-0.4, -0.2) is 37.5 Å². The Morgan fingerprint density at radius 1 is 1.04 bits per heavy atom. The minimum atomic E-state index is -3.32. The summed E-state index contributed by atoms with van der Waals surface area (Å²) in [6.07, 6.45) is 4.34. The molecular formula is C21H24N2O3S. The molecule has 2 aromatic rings. The predicted octanol–water partition coefficient (Wildman–Crippen LogP) is 2.59. The zero-order valence-corrected chi connectivity index (χ0v) is 16.0. The fourth-order valence-electron chi connectivity index (χ4n) is 3.10. The molecule has 0 saturated heterocycles. The van der Waals surface area contributed by atoms with Crippen molar-refractivity contribution in [1.82, 2.24) is 9.62 Å². The molecule has 0 spiro atoms. The lowest BCUT2D eigenvalue weighted by Crippen LogP contribution is -2.38. The predicted molar refractivity (Wildman–Crippen MR) is 107 cm³/mol. The molecule has 1 N–H and O–H groups in total. The second kappa shape index (κ2) is 8.97. The van der Waals surface area contributed by atoms with Crippen molar-refractivity contribution in [2.24, 2.45) is 0 Å². The summed E-state index contributed by atoms with van der Waals surface area (Å²) in [4.78, 5) is 11.8. The average molecular weight is 385 g/mol. The van der Waals surface area contributed by atoms with E-state index in [0.717, 1.165) is 17.5 Å². The zero-order chi connectivity index (χ0) is 19.1. The van der Waals surface area contributed by atoms with Crippen LogP contribution in [0.4, 0.5) is 0 Å². The first-order valence-electron chi connectivity index (χ1n) is 9.10. The second-order valence-corrected chi connectivity index (χ2v) is 8.65. The SMILES string of the molecule is O=C(/C=C/c1ccccc1)NCCCS(=O)(=O)N1CCc2ccccc2C1. The van der Waals surface area contributed by atoms with Gasteiger partial charge in [0, 0.05) is 25.7 Å². The van der Waals surface area contributed by atoms with E-state index in [1.807, 2.05) is 48.5 Å². The third kappa shape index (κ3) is 5.52. The number of nitrogens with one attached hydrogen (secondary N) is 1. The van der Waals surface area contributed by atoms with Crippen molar-refractivity contribution in [1.29, 1.82) is 0 Å². The number of benzene rings is 2. The maximum atomic E-state index is 12.6. The molecule has 27 heavy (non-hydrogen) atoms. The van der Waals surface area contributed by atoms with Gasteiger partial charge in [-0.1, -0.05) is 54.6 Å². The molecule has 1 amide bonds. The van der Waals surface area contributed by atoms with Crippen molar-refractivity contribution in [3.63, 3.8) is 0 Å². The molecule has 2 aromatic carbocycles. The molecule has 0 aromatic heterocycles. The Labute approximate surface area is 160 Å². The summed E-state index contributed by atoms with van der Waals surface area (Å²) in [5.41, 5.74) is 3.24. The molecule has 1 aliphatic rings. The molecule has 142 valence electrons. The van der Waals surface area contributed by atoms with Gasteiger partial charge < -0.3 is 5.32 Å². The van der Waals surface area contributed by atoms with Crippen molar-refractivity contribution in [3.8, 4) is 0 Å². The summed E-state index contributed by atoms with van der Waals surface area (Å²) >= 11 is 0. The van der Waals surface area contributed by atoms with Gasteiger partial charge in [0.2, 0.25) is 15.9 Å². The van der Waals surface area contributed by atoms with Gasteiger partial charge in [-0.05, 0) is 35.6 Å². The quantitative estimate of drug-likeness (QED) is 0.589. The van der Waals surface area contributed by atoms with Gasteiger partial charge in [-0.3, -0.25) is 4.79 Å². The van der Waals surface area contributed by atoms with E-state index in [-0.39, 0.29) is 11.7 Å². The van der Waals surface area contributed by atoms with Crippen LogP contribution in [0.1, 0.15) is 23.1 Å². The first-order valence-corrected chi connectivity index (χ1v) is 10.7. The molecule has 3 rings (SSSR count). The monoisotopic (exact) mass is 384 g/mol. The van der Waals surface area contributed by atoms with Crippen molar-refractivity contribution in [2.75, 3.05) is 18.8 Å². The number of carbonyl (C=O) groups is 1. The van der Waals surface area contributed by atoms with Gasteiger partial charge in [0.05, 0.1) is 5.75 Å². The molecule has 0 bridgehead atoms. The lowest BCUT2D eigenvalue weighted by molar-refractivity contribution is -0.116. The van der Waals surface area contributed by atoms with Crippen LogP contribution in [0.3, 0.4) is 0 Å². The van der Waals surface area contributed by atoms with Crippen LogP contribution in [0.2, 0.25) is 0 Å². The number of hydrogen-bond acceptors (Lipinski definition) is 3. The third-order valence-corrected chi connectivity index (χ3v) is 6.50. The Kier molecular flexibility index (Phi) is 6.42. The van der Waals surface area contributed by atoms with E-state index in [0.29, 0.717) is 26.1 Å². The molecular weight excluding hydrogens is 360 g/mol. The summed E-state index contributed by atoms with van der Waals surface area (Å²) in [7, 11) is -3.32.